The molecule has 1 aromatic rings. The molecule has 0 aliphatic heterocycles. The number of aliphatic hydroxyl groups excluding tert-OH is 1. The summed E-state index contributed by atoms with van der Waals surface area (Å²) in [6.07, 6.45) is 2.08. The van der Waals surface area contributed by atoms with Gasteiger partial charge in [0, 0.05) is 17.5 Å². The van der Waals surface area contributed by atoms with Gasteiger partial charge < -0.3 is 15.2 Å². The SMILES string of the molecule is CC1CC(NCC(O)COCc2cccs2)C1. The van der Waals surface area contributed by atoms with Crippen LogP contribution in [0.4, 0.5) is 0 Å². The fraction of sp³-hybridized carbons (Fsp3) is 0.692. The Morgan fingerprint density at radius 1 is 1.59 bits per heavy atom. The summed E-state index contributed by atoms with van der Waals surface area (Å²) in [7, 11) is 0. The van der Waals surface area contributed by atoms with Gasteiger partial charge in [0.05, 0.1) is 19.3 Å². The predicted octanol–water partition coefficient (Wildman–Crippen LogP) is 2.01. The highest BCUT2D eigenvalue weighted by molar-refractivity contribution is 7.09. The van der Waals surface area contributed by atoms with Crippen LogP contribution in [0.5, 0.6) is 0 Å². The van der Waals surface area contributed by atoms with Crippen molar-refractivity contribution in [3.63, 3.8) is 0 Å². The molecule has 17 heavy (non-hydrogen) atoms. The molecule has 1 fully saturated rings. The third-order valence-electron chi connectivity index (χ3n) is 3.15. The van der Waals surface area contributed by atoms with Crippen LogP contribution in [0.15, 0.2) is 17.5 Å². The summed E-state index contributed by atoms with van der Waals surface area (Å²) in [6, 6.07) is 4.67. The lowest BCUT2D eigenvalue weighted by atomic mass is 9.82. The van der Waals surface area contributed by atoms with E-state index in [9.17, 15) is 5.11 Å². The molecular formula is C13H21NO2S. The number of rotatable bonds is 7. The standard InChI is InChI=1S/C13H21NO2S/c1-10-5-11(6-10)14-7-12(15)8-16-9-13-3-2-4-17-13/h2-4,10-12,14-15H,5-9H2,1H3. The molecule has 0 bridgehead atoms. The molecule has 1 atom stereocenters. The number of thiophene rings is 1. The molecule has 2 N–H and O–H groups in total. The zero-order chi connectivity index (χ0) is 12.1. The normalized spacial score (nSPS) is 25.5. The van der Waals surface area contributed by atoms with E-state index in [2.05, 4.69) is 12.2 Å². The monoisotopic (exact) mass is 255 g/mol. The maximum Gasteiger partial charge on any atom is 0.0897 e. The molecule has 1 aliphatic carbocycles. The zero-order valence-corrected chi connectivity index (χ0v) is 11.1. The summed E-state index contributed by atoms with van der Waals surface area (Å²) < 4.78 is 5.47. The Bertz CT molecular complexity index is 309. The van der Waals surface area contributed by atoms with Gasteiger partial charge in [-0.05, 0) is 30.2 Å². The summed E-state index contributed by atoms with van der Waals surface area (Å²) in [5.41, 5.74) is 0. The highest BCUT2D eigenvalue weighted by Crippen LogP contribution is 2.25. The van der Waals surface area contributed by atoms with E-state index in [4.69, 9.17) is 4.74 Å². The van der Waals surface area contributed by atoms with Crippen LogP contribution in [0.3, 0.4) is 0 Å². The minimum atomic E-state index is -0.397. The van der Waals surface area contributed by atoms with E-state index in [0.717, 1.165) is 5.92 Å². The van der Waals surface area contributed by atoms with E-state index in [0.29, 0.717) is 25.8 Å². The summed E-state index contributed by atoms with van der Waals surface area (Å²) in [4.78, 5) is 1.21. The number of nitrogens with one attached hydrogen (secondary N) is 1. The van der Waals surface area contributed by atoms with Crippen molar-refractivity contribution in [1.29, 1.82) is 0 Å². The van der Waals surface area contributed by atoms with Gasteiger partial charge in [-0.15, -0.1) is 11.3 Å². The highest BCUT2D eigenvalue weighted by Gasteiger charge is 2.24. The van der Waals surface area contributed by atoms with Crippen molar-refractivity contribution in [1.82, 2.24) is 5.32 Å². The maximum atomic E-state index is 9.73. The van der Waals surface area contributed by atoms with Crippen molar-refractivity contribution in [3.8, 4) is 0 Å². The van der Waals surface area contributed by atoms with Gasteiger partial charge in [-0.2, -0.15) is 0 Å². The highest BCUT2D eigenvalue weighted by atomic mass is 32.1. The minimum Gasteiger partial charge on any atom is -0.389 e. The fourth-order valence-corrected chi connectivity index (χ4v) is 2.76. The zero-order valence-electron chi connectivity index (χ0n) is 10.3. The van der Waals surface area contributed by atoms with Crippen LogP contribution in [0.25, 0.3) is 0 Å². The quantitative estimate of drug-likeness (QED) is 0.783. The minimum absolute atomic E-state index is 0.397. The van der Waals surface area contributed by atoms with Crippen molar-refractivity contribution in [2.45, 2.75) is 38.5 Å². The molecule has 1 aliphatic rings. The number of ether oxygens (including phenoxy) is 1. The molecule has 0 radical (unpaired) electrons. The second-order valence-electron chi connectivity index (χ2n) is 4.93. The van der Waals surface area contributed by atoms with Gasteiger partial charge in [0.2, 0.25) is 0 Å². The fourth-order valence-electron chi connectivity index (χ4n) is 2.12. The molecule has 96 valence electrons. The summed E-state index contributed by atoms with van der Waals surface area (Å²) in [5.74, 6) is 0.847. The van der Waals surface area contributed by atoms with Crippen LogP contribution in [-0.2, 0) is 11.3 Å². The Hall–Kier alpha value is -0.420. The number of hydrogen-bond acceptors (Lipinski definition) is 4. The molecule has 3 nitrogen and oxygen atoms in total. The van der Waals surface area contributed by atoms with E-state index < -0.39 is 6.10 Å². The summed E-state index contributed by atoms with van der Waals surface area (Å²) >= 11 is 1.68. The van der Waals surface area contributed by atoms with E-state index >= 15 is 0 Å². The van der Waals surface area contributed by atoms with Crippen molar-refractivity contribution < 1.29 is 9.84 Å². The third kappa shape index (κ3) is 4.39. The molecule has 4 heteroatoms. The largest absolute Gasteiger partial charge is 0.389 e. The third-order valence-corrected chi connectivity index (χ3v) is 4.00. The van der Waals surface area contributed by atoms with E-state index in [1.807, 2.05) is 17.5 Å². The molecular weight excluding hydrogens is 234 g/mol. The second-order valence-corrected chi connectivity index (χ2v) is 5.96. The Labute approximate surface area is 107 Å². The second kappa shape index (κ2) is 6.50. The summed E-state index contributed by atoms with van der Waals surface area (Å²) in [5, 5.41) is 15.1. The van der Waals surface area contributed by atoms with Crippen LogP contribution in [-0.4, -0.2) is 30.4 Å². The van der Waals surface area contributed by atoms with Gasteiger partial charge >= 0.3 is 0 Å². The molecule has 1 heterocycles. The first-order chi connectivity index (χ1) is 8.24. The average Bonchev–Trinajstić information content (AvgIpc) is 2.76. The lowest BCUT2D eigenvalue weighted by molar-refractivity contribution is 0.0260. The maximum absolute atomic E-state index is 9.73. The molecule has 0 amide bonds. The van der Waals surface area contributed by atoms with Gasteiger partial charge in [0.15, 0.2) is 0 Å². The van der Waals surface area contributed by atoms with Gasteiger partial charge in [-0.25, -0.2) is 0 Å². The molecule has 0 spiro atoms. The van der Waals surface area contributed by atoms with Crippen molar-refractivity contribution in [2.75, 3.05) is 13.2 Å². The lowest BCUT2D eigenvalue weighted by Gasteiger charge is -2.34. The van der Waals surface area contributed by atoms with Gasteiger partial charge in [0.1, 0.15) is 0 Å². The Morgan fingerprint density at radius 2 is 2.41 bits per heavy atom. The van der Waals surface area contributed by atoms with Crippen LogP contribution in [0.2, 0.25) is 0 Å². The van der Waals surface area contributed by atoms with E-state index in [1.165, 1.54) is 17.7 Å². The Balaban J connectivity index is 1.50. The average molecular weight is 255 g/mol. The van der Waals surface area contributed by atoms with Crippen LogP contribution < -0.4 is 5.32 Å². The van der Waals surface area contributed by atoms with Crippen LogP contribution in [0, 0.1) is 5.92 Å². The molecule has 1 aromatic heterocycles. The van der Waals surface area contributed by atoms with Crippen LogP contribution >= 0.6 is 11.3 Å². The molecule has 0 aromatic carbocycles. The van der Waals surface area contributed by atoms with E-state index in [-0.39, 0.29) is 0 Å². The number of hydrogen-bond donors (Lipinski definition) is 2. The lowest BCUT2D eigenvalue weighted by Crippen LogP contribution is -2.44. The van der Waals surface area contributed by atoms with E-state index in [1.54, 1.807) is 11.3 Å². The number of aliphatic hydroxyl groups is 1. The predicted molar refractivity (Wildman–Crippen MR) is 70.2 cm³/mol. The molecule has 1 unspecified atom stereocenters. The molecule has 1 saturated carbocycles. The first-order valence-electron chi connectivity index (χ1n) is 6.25. The van der Waals surface area contributed by atoms with Gasteiger partial charge in [0.25, 0.3) is 0 Å². The molecule has 0 saturated heterocycles. The van der Waals surface area contributed by atoms with Crippen LogP contribution in [0.1, 0.15) is 24.6 Å². The van der Waals surface area contributed by atoms with Crippen molar-refractivity contribution in [2.24, 2.45) is 5.92 Å². The molecule has 2 rings (SSSR count). The Morgan fingerprint density at radius 3 is 3.06 bits per heavy atom. The smallest absolute Gasteiger partial charge is 0.0897 e. The van der Waals surface area contributed by atoms with Gasteiger partial charge in [-0.1, -0.05) is 13.0 Å². The van der Waals surface area contributed by atoms with Crippen molar-refractivity contribution in [3.05, 3.63) is 22.4 Å². The first kappa shape index (κ1) is 13.0. The first-order valence-corrected chi connectivity index (χ1v) is 7.13. The Kier molecular flexibility index (Phi) is 4.98. The summed E-state index contributed by atoms with van der Waals surface area (Å²) in [6.45, 7) is 3.92. The van der Waals surface area contributed by atoms with Crippen molar-refractivity contribution >= 4 is 11.3 Å². The van der Waals surface area contributed by atoms with Gasteiger partial charge in [-0.3, -0.25) is 0 Å². The topological polar surface area (TPSA) is 41.5 Å².